The standard InChI is InChI=1S/C16H24NO/c1-2-4-16(5-3-1)14-18-13-12-17-9-6-15(7-10-17)8-11-17/h1-5,15H,6-14H2/q+1. The molecule has 3 saturated heterocycles. The summed E-state index contributed by atoms with van der Waals surface area (Å²) in [5.74, 6) is 1.05. The molecule has 2 bridgehead atoms. The van der Waals surface area contributed by atoms with Crippen LogP contribution in [0.1, 0.15) is 24.8 Å². The molecule has 3 heterocycles. The number of benzene rings is 1. The van der Waals surface area contributed by atoms with Crippen LogP contribution in [-0.4, -0.2) is 37.3 Å². The molecule has 4 rings (SSSR count). The van der Waals surface area contributed by atoms with E-state index in [0.717, 1.165) is 19.1 Å². The molecule has 1 aromatic rings. The van der Waals surface area contributed by atoms with Crippen molar-refractivity contribution in [3.8, 4) is 0 Å². The lowest BCUT2D eigenvalue weighted by atomic mass is 9.86. The average Bonchev–Trinajstić information content (AvgIpc) is 2.47. The molecular formula is C16H24NO+. The van der Waals surface area contributed by atoms with Gasteiger partial charge in [-0.2, -0.15) is 0 Å². The molecule has 2 heteroatoms. The second-order valence-electron chi connectivity index (χ2n) is 6.01. The van der Waals surface area contributed by atoms with E-state index in [0.29, 0.717) is 0 Å². The Morgan fingerprint density at radius 3 is 2.33 bits per heavy atom. The Labute approximate surface area is 110 Å². The molecule has 0 saturated carbocycles. The van der Waals surface area contributed by atoms with Crippen LogP contribution in [0.15, 0.2) is 30.3 Å². The third kappa shape index (κ3) is 2.76. The normalized spacial score (nSPS) is 30.6. The Kier molecular flexibility index (Phi) is 3.67. The van der Waals surface area contributed by atoms with Crippen LogP contribution in [0.25, 0.3) is 0 Å². The number of ether oxygens (including phenoxy) is 1. The predicted molar refractivity (Wildman–Crippen MR) is 73.2 cm³/mol. The van der Waals surface area contributed by atoms with Gasteiger partial charge in [0, 0.05) is 0 Å². The molecule has 0 spiro atoms. The van der Waals surface area contributed by atoms with Crippen LogP contribution < -0.4 is 0 Å². The first-order chi connectivity index (χ1) is 8.86. The predicted octanol–water partition coefficient (Wildman–Crippen LogP) is 2.83. The van der Waals surface area contributed by atoms with E-state index in [2.05, 4.69) is 30.3 Å². The van der Waals surface area contributed by atoms with Crippen molar-refractivity contribution in [1.29, 1.82) is 0 Å². The van der Waals surface area contributed by atoms with E-state index in [1.807, 2.05) is 0 Å². The summed E-state index contributed by atoms with van der Waals surface area (Å²) >= 11 is 0. The van der Waals surface area contributed by atoms with Crippen LogP contribution in [0.3, 0.4) is 0 Å². The van der Waals surface area contributed by atoms with Crippen LogP contribution in [-0.2, 0) is 11.3 Å². The third-order valence-corrected chi connectivity index (χ3v) is 4.86. The summed E-state index contributed by atoms with van der Waals surface area (Å²) in [6.45, 7) is 7.11. The summed E-state index contributed by atoms with van der Waals surface area (Å²) in [5.41, 5.74) is 1.29. The third-order valence-electron chi connectivity index (χ3n) is 4.86. The number of fused-ring (bicyclic) bond motifs is 3. The largest absolute Gasteiger partial charge is 0.371 e. The Morgan fingerprint density at radius 2 is 1.67 bits per heavy atom. The molecule has 2 nitrogen and oxygen atoms in total. The molecule has 0 unspecified atom stereocenters. The van der Waals surface area contributed by atoms with E-state index in [1.54, 1.807) is 0 Å². The first kappa shape index (κ1) is 12.2. The first-order valence-corrected chi connectivity index (χ1v) is 7.33. The minimum atomic E-state index is 0.767. The van der Waals surface area contributed by atoms with E-state index in [4.69, 9.17) is 4.74 Å². The fraction of sp³-hybridized carbons (Fsp3) is 0.625. The van der Waals surface area contributed by atoms with Crippen LogP contribution in [0.4, 0.5) is 0 Å². The highest BCUT2D eigenvalue weighted by atomic mass is 16.5. The van der Waals surface area contributed by atoms with Gasteiger partial charge < -0.3 is 9.22 Å². The Bertz CT molecular complexity index is 354. The second kappa shape index (κ2) is 5.41. The highest BCUT2D eigenvalue weighted by Gasteiger charge is 2.39. The van der Waals surface area contributed by atoms with Gasteiger partial charge in [-0.1, -0.05) is 30.3 Å². The molecule has 0 amide bonds. The minimum Gasteiger partial charge on any atom is -0.371 e. The van der Waals surface area contributed by atoms with Gasteiger partial charge in [0.1, 0.15) is 6.54 Å². The lowest BCUT2D eigenvalue weighted by molar-refractivity contribution is -0.943. The molecule has 18 heavy (non-hydrogen) atoms. The van der Waals surface area contributed by atoms with Crippen LogP contribution in [0.2, 0.25) is 0 Å². The fourth-order valence-corrected chi connectivity index (χ4v) is 3.50. The average molecular weight is 246 g/mol. The number of nitrogens with zero attached hydrogens (tertiary/aromatic N) is 1. The second-order valence-corrected chi connectivity index (χ2v) is 6.01. The van der Waals surface area contributed by atoms with Crippen molar-refractivity contribution in [2.24, 2.45) is 5.92 Å². The van der Waals surface area contributed by atoms with Crippen LogP contribution in [0, 0.1) is 5.92 Å². The molecule has 0 atom stereocenters. The topological polar surface area (TPSA) is 9.23 Å². The van der Waals surface area contributed by atoms with E-state index >= 15 is 0 Å². The maximum atomic E-state index is 5.85. The number of piperidine rings is 3. The van der Waals surface area contributed by atoms with Crippen molar-refractivity contribution in [3.05, 3.63) is 35.9 Å². The zero-order chi connectivity index (χ0) is 12.3. The highest BCUT2D eigenvalue weighted by Crippen LogP contribution is 2.33. The Morgan fingerprint density at radius 1 is 1.00 bits per heavy atom. The van der Waals surface area contributed by atoms with Gasteiger partial charge in [0.2, 0.25) is 0 Å². The summed E-state index contributed by atoms with van der Waals surface area (Å²) in [4.78, 5) is 0. The van der Waals surface area contributed by atoms with Crippen molar-refractivity contribution in [2.45, 2.75) is 25.9 Å². The fourth-order valence-electron chi connectivity index (χ4n) is 3.50. The number of rotatable bonds is 5. The van der Waals surface area contributed by atoms with Crippen molar-refractivity contribution in [1.82, 2.24) is 0 Å². The Balaban J connectivity index is 1.42. The Hall–Kier alpha value is -0.860. The zero-order valence-electron chi connectivity index (χ0n) is 11.2. The van der Waals surface area contributed by atoms with Crippen LogP contribution >= 0.6 is 0 Å². The van der Waals surface area contributed by atoms with Gasteiger partial charge >= 0.3 is 0 Å². The minimum absolute atomic E-state index is 0.767. The SMILES string of the molecule is c1ccc(COCC[N+]23CCC(CC2)CC3)cc1. The van der Waals surface area contributed by atoms with E-state index < -0.39 is 0 Å². The van der Waals surface area contributed by atoms with Gasteiger partial charge in [0.25, 0.3) is 0 Å². The quantitative estimate of drug-likeness (QED) is 0.573. The molecule has 3 fully saturated rings. The lowest BCUT2D eigenvalue weighted by Gasteiger charge is -2.49. The number of hydrogen-bond acceptors (Lipinski definition) is 1. The van der Waals surface area contributed by atoms with Gasteiger partial charge in [0.05, 0.1) is 32.8 Å². The lowest BCUT2D eigenvalue weighted by Crippen LogP contribution is -2.59. The monoisotopic (exact) mass is 246 g/mol. The van der Waals surface area contributed by atoms with E-state index in [-0.39, 0.29) is 0 Å². The van der Waals surface area contributed by atoms with Crippen molar-refractivity contribution in [3.63, 3.8) is 0 Å². The summed E-state index contributed by atoms with van der Waals surface area (Å²) in [6, 6.07) is 10.5. The van der Waals surface area contributed by atoms with E-state index in [1.165, 1.54) is 55.5 Å². The summed E-state index contributed by atoms with van der Waals surface area (Å²) in [5, 5.41) is 0. The molecular weight excluding hydrogens is 222 g/mol. The van der Waals surface area contributed by atoms with Crippen molar-refractivity contribution < 1.29 is 9.22 Å². The van der Waals surface area contributed by atoms with Gasteiger partial charge in [-0.15, -0.1) is 0 Å². The van der Waals surface area contributed by atoms with Gasteiger partial charge in [-0.3, -0.25) is 0 Å². The van der Waals surface area contributed by atoms with Crippen LogP contribution in [0.5, 0.6) is 0 Å². The maximum absolute atomic E-state index is 5.85. The smallest absolute Gasteiger partial charge is 0.102 e. The molecule has 98 valence electrons. The van der Waals surface area contributed by atoms with Gasteiger partial charge in [-0.05, 0) is 30.7 Å². The van der Waals surface area contributed by atoms with Crippen molar-refractivity contribution >= 4 is 0 Å². The molecule has 3 aliphatic heterocycles. The van der Waals surface area contributed by atoms with Gasteiger partial charge in [-0.25, -0.2) is 0 Å². The summed E-state index contributed by atoms with van der Waals surface area (Å²) < 4.78 is 7.19. The molecule has 0 N–H and O–H groups in total. The first-order valence-electron chi connectivity index (χ1n) is 7.33. The molecule has 1 aromatic carbocycles. The number of hydrogen-bond donors (Lipinski definition) is 0. The van der Waals surface area contributed by atoms with Crippen molar-refractivity contribution in [2.75, 3.05) is 32.8 Å². The molecule has 0 aromatic heterocycles. The number of quaternary nitrogens is 1. The van der Waals surface area contributed by atoms with Gasteiger partial charge in [0.15, 0.2) is 0 Å². The maximum Gasteiger partial charge on any atom is 0.102 e. The molecule has 3 aliphatic rings. The van der Waals surface area contributed by atoms with E-state index in [9.17, 15) is 0 Å². The summed E-state index contributed by atoms with van der Waals surface area (Å²) in [6.07, 6.45) is 4.37. The molecule has 0 radical (unpaired) electrons. The molecule has 0 aliphatic carbocycles. The highest BCUT2D eigenvalue weighted by molar-refractivity contribution is 5.13. The zero-order valence-corrected chi connectivity index (χ0v) is 11.2. The summed E-state index contributed by atoms with van der Waals surface area (Å²) in [7, 11) is 0.